The Morgan fingerprint density at radius 3 is 2.39 bits per heavy atom. The van der Waals surface area contributed by atoms with E-state index < -0.39 is 4.92 Å². The SMILES string of the molecule is O=[N+]([O-])c1cc(CN(CCO)CCO)ccc1Cl. The van der Waals surface area contributed by atoms with Crippen LogP contribution in [0.2, 0.25) is 5.02 Å². The van der Waals surface area contributed by atoms with Gasteiger partial charge in [-0.2, -0.15) is 0 Å². The van der Waals surface area contributed by atoms with Gasteiger partial charge in [-0.1, -0.05) is 17.7 Å². The van der Waals surface area contributed by atoms with E-state index in [4.69, 9.17) is 21.8 Å². The number of nitro groups is 1. The molecule has 0 saturated heterocycles. The lowest BCUT2D eigenvalue weighted by molar-refractivity contribution is -0.384. The molecule has 0 spiro atoms. The number of nitrogens with zero attached hydrogens (tertiary/aromatic N) is 2. The molecule has 0 heterocycles. The predicted molar refractivity (Wildman–Crippen MR) is 67.6 cm³/mol. The average Bonchev–Trinajstić information content (AvgIpc) is 2.32. The second kappa shape index (κ2) is 7.27. The van der Waals surface area contributed by atoms with Crippen molar-refractivity contribution in [3.05, 3.63) is 38.9 Å². The third kappa shape index (κ3) is 4.23. The Balaban J connectivity index is 2.82. The molecule has 0 aliphatic heterocycles. The summed E-state index contributed by atoms with van der Waals surface area (Å²) in [7, 11) is 0. The third-order valence-electron chi connectivity index (χ3n) is 2.45. The summed E-state index contributed by atoms with van der Waals surface area (Å²) >= 11 is 5.71. The standard InChI is InChI=1S/C11H15ClN2O4/c12-10-2-1-9(7-11(10)14(17)18)8-13(3-5-15)4-6-16/h1-2,7,15-16H,3-6,8H2. The minimum Gasteiger partial charge on any atom is -0.395 e. The van der Waals surface area contributed by atoms with Gasteiger partial charge >= 0.3 is 0 Å². The van der Waals surface area contributed by atoms with Gasteiger partial charge < -0.3 is 10.2 Å². The molecule has 0 unspecified atom stereocenters. The summed E-state index contributed by atoms with van der Waals surface area (Å²) in [5.41, 5.74) is 0.579. The number of rotatable bonds is 7. The van der Waals surface area contributed by atoms with Crippen LogP contribution in [-0.2, 0) is 6.54 Å². The lowest BCUT2D eigenvalue weighted by Crippen LogP contribution is -2.29. The van der Waals surface area contributed by atoms with Crippen LogP contribution < -0.4 is 0 Å². The van der Waals surface area contributed by atoms with Gasteiger partial charge in [0.15, 0.2) is 0 Å². The fourth-order valence-corrected chi connectivity index (χ4v) is 1.79. The highest BCUT2D eigenvalue weighted by atomic mass is 35.5. The lowest BCUT2D eigenvalue weighted by Gasteiger charge is -2.20. The van der Waals surface area contributed by atoms with Gasteiger partial charge in [0.1, 0.15) is 5.02 Å². The molecule has 1 aromatic rings. The third-order valence-corrected chi connectivity index (χ3v) is 2.77. The predicted octanol–water partition coefficient (Wildman–Crippen LogP) is 1.03. The van der Waals surface area contributed by atoms with Gasteiger partial charge in [-0.15, -0.1) is 0 Å². The topological polar surface area (TPSA) is 86.8 Å². The molecular formula is C11H15ClN2O4. The molecule has 100 valence electrons. The van der Waals surface area contributed by atoms with Crippen molar-refractivity contribution in [3.8, 4) is 0 Å². The van der Waals surface area contributed by atoms with Crippen LogP contribution in [0.5, 0.6) is 0 Å². The molecule has 1 aromatic carbocycles. The van der Waals surface area contributed by atoms with Gasteiger partial charge in [-0.3, -0.25) is 15.0 Å². The molecule has 0 aliphatic rings. The Kier molecular flexibility index (Phi) is 6.00. The van der Waals surface area contributed by atoms with Gasteiger partial charge in [0.25, 0.3) is 5.69 Å². The van der Waals surface area contributed by atoms with E-state index in [0.717, 1.165) is 0 Å². The molecule has 2 N–H and O–H groups in total. The number of aliphatic hydroxyl groups is 2. The smallest absolute Gasteiger partial charge is 0.288 e. The van der Waals surface area contributed by atoms with Crippen LogP contribution in [0.4, 0.5) is 5.69 Å². The first kappa shape index (κ1) is 14.8. The molecule has 0 aliphatic carbocycles. The van der Waals surface area contributed by atoms with Gasteiger partial charge in [-0.05, 0) is 11.6 Å². The second-order valence-corrected chi connectivity index (χ2v) is 4.17. The minimum absolute atomic E-state index is 0.0321. The van der Waals surface area contributed by atoms with Crippen molar-refractivity contribution < 1.29 is 15.1 Å². The highest BCUT2D eigenvalue weighted by molar-refractivity contribution is 6.32. The zero-order valence-electron chi connectivity index (χ0n) is 9.75. The summed E-state index contributed by atoms with van der Waals surface area (Å²) in [6.07, 6.45) is 0. The molecule has 0 radical (unpaired) electrons. The van der Waals surface area contributed by atoms with E-state index in [-0.39, 0.29) is 23.9 Å². The van der Waals surface area contributed by atoms with Crippen molar-refractivity contribution in [2.24, 2.45) is 0 Å². The number of aliphatic hydroxyl groups excluding tert-OH is 2. The molecule has 6 nitrogen and oxygen atoms in total. The second-order valence-electron chi connectivity index (χ2n) is 3.77. The Hall–Kier alpha value is -1.21. The fraction of sp³-hybridized carbons (Fsp3) is 0.455. The quantitative estimate of drug-likeness (QED) is 0.573. The van der Waals surface area contributed by atoms with Crippen molar-refractivity contribution in [1.82, 2.24) is 4.90 Å². The monoisotopic (exact) mass is 274 g/mol. The van der Waals surface area contributed by atoms with Gasteiger partial charge in [0.05, 0.1) is 18.1 Å². The van der Waals surface area contributed by atoms with E-state index in [9.17, 15) is 10.1 Å². The number of hydrogen-bond donors (Lipinski definition) is 2. The molecule has 0 aromatic heterocycles. The maximum atomic E-state index is 10.7. The van der Waals surface area contributed by atoms with Gasteiger partial charge in [-0.25, -0.2) is 0 Å². The molecule has 0 amide bonds. The van der Waals surface area contributed by atoms with E-state index in [0.29, 0.717) is 25.2 Å². The maximum absolute atomic E-state index is 10.7. The van der Waals surface area contributed by atoms with Crippen LogP contribution in [0.1, 0.15) is 5.56 Å². The summed E-state index contributed by atoms with van der Waals surface area (Å²) < 4.78 is 0. The van der Waals surface area contributed by atoms with Crippen LogP contribution in [0.3, 0.4) is 0 Å². The van der Waals surface area contributed by atoms with Crippen molar-refractivity contribution in [2.45, 2.75) is 6.54 Å². The van der Waals surface area contributed by atoms with Crippen molar-refractivity contribution in [1.29, 1.82) is 0 Å². The summed E-state index contributed by atoms with van der Waals surface area (Å²) in [4.78, 5) is 12.0. The Bertz CT molecular complexity index is 408. The average molecular weight is 275 g/mol. The largest absolute Gasteiger partial charge is 0.395 e. The van der Waals surface area contributed by atoms with Crippen molar-refractivity contribution in [2.75, 3.05) is 26.3 Å². The number of hydrogen-bond acceptors (Lipinski definition) is 5. The number of halogens is 1. The molecular weight excluding hydrogens is 260 g/mol. The maximum Gasteiger partial charge on any atom is 0.288 e. The summed E-state index contributed by atoms with van der Waals surface area (Å²) in [5.74, 6) is 0. The molecule has 0 bridgehead atoms. The molecule has 18 heavy (non-hydrogen) atoms. The van der Waals surface area contributed by atoms with Crippen LogP contribution in [0, 0.1) is 10.1 Å². The van der Waals surface area contributed by atoms with Gasteiger partial charge in [0, 0.05) is 25.7 Å². The van der Waals surface area contributed by atoms with E-state index in [1.54, 1.807) is 11.0 Å². The normalized spacial score (nSPS) is 10.9. The van der Waals surface area contributed by atoms with E-state index >= 15 is 0 Å². The van der Waals surface area contributed by atoms with Crippen molar-refractivity contribution in [3.63, 3.8) is 0 Å². The molecule has 0 fully saturated rings. The number of nitro benzene ring substituents is 1. The molecule has 7 heteroatoms. The van der Waals surface area contributed by atoms with E-state index in [1.165, 1.54) is 12.1 Å². The van der Waals surface area contributed by atoms with Crippen LogP contribution in [-0.4, -0.2) is 46.3 Å². The first-order chi connectivity index (χ1) is 8.58. The highest BCUT2D eigenvalue weighted by Crippen LogP contribution is 2.25. The first-order valence-corrected chi connectivity index (χ1v) is 5.83. The summed E-state index contributed by atoms with van der Waals surface area (Å²) in [6.45, 7) is 1.15. The van der Waals surface area contributed by atoms with Crippen LogP contribution in [0.25, 0.3) is 0 Å². The fourth-order valence-electron chi connectivity index (χ4n) is 1.61. The van der Waals surface area contributed by atoms with Crippen LogP contribution >= 0.6 is 11.6 Å². The Morgan fingerprint density at radius 2 is 1.89 bits per heavy atom. The van der Waals surface area contributed by atoms with Crippen LogP contribution in [0.15, 0.2) is 18.2 Å². The number of benzene rings is 1. The van der Waals surface area contributed by atoms with E-state index in [2.05, 4.69) is 0 Å². The Morgan fingerprint density at radius 1 is 1.28 bits per heavy atom. The van der Waals surface area contributed by atoms with Crippen molar-refractivity contribution >= 4 is 17.3 Å². The molecule has 1 rings (SSSR count). The summed E-state index contributed by atoms with van der Waals surface area (Å²) in [5, 5.41) is 28.6. The Labute approximate surface area is 110 Å². The first-order valence-electron chi connectivity index (χ1n) is 5.45. The highest BCUT2D eigenvalue weighted by Gasteiger charge is 2.14. The van der Waals surface area contributed by atoms with E-state index in [1.807, 2.05) is 0 Å². The molecule has 0 saturated carbocycles. The van der Waals surface area contributed by atoms with Gasteiger partial charge in [0.2, 0.25) is 0 Å². The summed E-state index contributed by atoms with van der Waals surface area (Å²) in [6, 6.07) is 4.58. The zero-order valence-corrected chi connectivity index (χ0v) is 10.5. The minimum atomic E-state index is -0.533. The lowest BCUT2D eigenvalue weighted by atomic mass is 10.2. The zero-order chi connectivity index (χ0) is 13.5. The molecule has 0 atom stereocenters.